The van der Waals surface area contributed by atoms with E-state index in [0.717, 1.165) is 0 Å². The minimum absolute atomic E-state index is 0. The Morgan fingerprint density at radius 2 is 1.25 bits per heavy atom. The van der Waals surface area contributed by atoms with Crippen LogP contribution in [0.2, 0.25) is 0 Å². The molecule has 4 heavy (non-hydrogen) atoms. The van der Waals surface area contributed by atoms with Gasteiger partial charge < -0.3 is 23.4 Å². The minimum Gasteiger partial charge on any atom is -0.358 e. The van der Waals surface area contributed by atoms with Crippen molar-refractivity contribution in [1.82, 2.24) is 0 Å². The van der Waals surface area contributed by atoms with Crippen molar-refractivity contribution in [1.29, 1.82) is 0 Å². The third-order valence-corrected chi connectivity index (χ3v) is 0. The summed E-state index contributed by atoms with van der Waals surface area (Å²) >= 11 is 2.69. The number of hydrogen-bond donors (Lipinski definition) is 0. The first-order valence-electron chi connectivity index (χ1n) is 0.267. The molecule has 0 N–H and O–H groups in total. The van der Waals surface area contributed by atoms with Crippen molar-refractivity contribution in [3.05, 3.63) is 13.3 Å². The van der Waals surface area contributed by atoms with E-state index < -0.39 is 0 Å². The smallest absolute Gasteiger partial charge is 0.358 e. The van der Waals surface area contributed by atoms with Crippen LogP contribution in [-0.4, -0.2) is 0 Å². The fourth-order valence-electron chi connectivity index (χ4n) is 0. The molecule has 0 aromatic rings. The summed E-state index contributed by atoms with van der Waals surface area (Å²) in [5, 5.41) is 0. The molecule has 0 aromatic heterocycles. The van der Waals surface area contributed by atoms with Crippen LogP contribution in [-0.2, 0) is 21.1 Å². The van der Waals surface area contributed by atoms with Gasteiger partial charge in [0.2, 0.25) is 0 Å². The normalized spacial score (nSPS) is 1.50. The van der Waals surface area contributed by atoms with Gasteiger partial charge in [-0.2, -0.15) is 0 Å². The molecule has 0 aliphatic carbocycles. The Labute approximate surface area is 50.4 Å². The molecule has 0 rings (SSSR count). The summed E-state index contributed by atoms with van der Waals surface area (Å²) in [5.74, 6) is 3.06. The van der Waals surface area contributed by atoms with Crippen LogP contribution in [0.3, 0.4) is 0 Å². The summed E-state index contributed by atoms with van der Waals surface area (Å²) in [5.41, 5.74) is 0. The predicted octanol–water partition coefficient (Wildman–Crippen LogP) is 1.62. The van der Waals surface area contributed by atoms with Gasteiger partial charge in [-0.15, -0.1) is 0 Å². The van der Waals surface area contributed by atoms with Gasteiger partial charge in [0, 0.05) is 0 Å². The summed E-state index contributed by atoms with van der Waals surface area (Å²) in [6.45, 7) is 0. The van der Waals surface area contributed by atoms with E-state index in [1.165, 1.54) is 0 Å². The van der Waals surface area contributed by atoms with E-state index in [1.807, 2.05) is 0 Å². The zero-order chi connectivity index (χ0) is 2.00. The molecule has 0 heterocycles. The maximum Gasteiger partial charge on any atom is 2.00 e. The van der Waals surface area contributed by atoms with Gasteiger partial charge in [-0.1, -0.05) is 0 Å². The molecule has 0 bridgehead atoms. The Bertz CT molecular complexity index is 6.00. The molecule has 0 amide bonds. The topological polar surface area (TPSA) is 0 Å². The molecule has 0 aromatic carbocycles. The largest absolute Gasteiger partial charge is 2.00 e. The fraction of sp³-hybridized carbons (Fsp3) is 0. The first-order valence-corrected chi connectivity index (χ1v) is 1.39. The van der Waals surface area contributed by atoms with E-state index in [4.69, 9.17) is 0 Å². The minimum atomic E-state index is 0. The quantitative estimate of drug-likeness (QED) is 0.595. The third kappa shape index (κ3) is 10.9. The molecule has 0 saturated carbocycles. The third-order valence-electron chi connectivity index (χ3n) is 0. The standard InChI is InChI=1S/CH2Br.CH3.W/c1-2;;/h1H2;1H3;/q2*-1;+2. The van der Waals surface area contributed by atoms with Crippen molar-refractivity contribution in [3.8, 4) is 0 Å². The van der Waals surface area contributed by atoms with Crippen LogP contribution in [0.25, 0.3) is 0 Å². The fourth-order valence-corrected chi connectivity index (χ4v) is 0. The van der Waals surface area contributed by atoms with Crippen molar-refractivity contribution >= 4 is 15.9 Å². The molecule has 0 aliphatic rings. The van der Waals surface area contributed by atoms with Gasteiger partial charge in [-0.05, 0) is 0 Å². The first kappa shape index (κ1) is 19.1. The summed E-state index contributed by atoms with van der Waals surface area (Å²) in [6.07, 6.45) is 0. The Hall–Kier alpha value is 1.17. The molecule has 0 radical (unpaired) electrons. The predicted molar refractivity (Wildman–Crippen MR) is 20.7 cm³/mol. The van der Waals surface area contributed by atoms with E-state index in [0.29, 0.717) is 0 Å². The molecular formula is C2H5BrW. The molecule has 2 heteroatoms. The summed E-state index contributed by atoms with van der Waals surface area (Å²) in [4.78, 5) is 0. The van der Waals surface area contributed by atoms with E-state index in [9.17, 15) is 0 Å². The van der Waals surface area contributed by atoms with Gasteiger partial charge in [0.05, 0.1) is 0 Å². The van der Waals surface area contributed by atoms with Gasteiger partial charge in [-0.3, -0.25) is 5.83 Å². The average molecular weight is 293 g/mol. The van der Waals surface area contributed by atoms with E-state index in [1.54, 1.807) is 0 Å². The molecule has 0 aliphatic heterocycles. The Morgan fingerprint density at radius 1 is 1.25 bits per heavy atom. The van der Waals surface area contributed by atoms with E-state index >= 15 is 0 Å². The second-order valence-corrected chi connectivity index (χ2v) is 0. The average Bonchev–Trinajstić information content (AvgIpc) is 1.00. The van der Waals surface area contributed by atoms with E-state index in [2.05, 4.69) is 21.8 Å². The van der Waals surface area contributed by atoms with Gasteiger partial charge in [-0.25, -0.2) is 0 Å². The molecule has 26 valence electrons. The van der Waals surface area contributed by atoms with Crippen molar-refractivity contribution < 1.29 is 21.1 Å². The molecular weight excluding hydrogens is 288 g/mol. The number of hydrogen-bond acceptors (Lipinski definition) is 0. The van der Waals surface area contributed by atoms with Gasteiger partial charge in [0.15, 0.2) is 0 Å². The van der Waals surface area contributed by atoms with Crippen LogP contribution in [0.5, 0.6) is 0 Å². The monoisotopic (exact) mass is 292 g/mol. The van der Waals surface area contributed by atoms with Crippen molar-refractivity contribution in [2.45, 2.75) is 0 Å². The summed E-state index contributed by atoms with van der Waals surface area (Å²) < 4.78 is 0. The van der Waals surface area contributed by atoms with Crippen molar-refractivity contribution in [2.75, 3.05) is 0 Å². The molecule has 0 fully saturated rings. The van der Waals surface area contributed by atoms with Crippen LogP contribution in [0.1, 0.15) is 0 Å². The number of rotatable bonds is 0. The Balaban J connectivity index is -0.00000000500. The Morgan fingerprint density at radius 3 is 1.25 bits per heavy atom. The molecule has 0 atom stereocenters. The summed E-state index contributed by atoms with van der Waals surface area (Å²) in [6, 6.07) is 0. The van der Waals surface area contributed by atoms with Gasteiger partial charge >= 0.3 is 21.1 Å². The number of halogens is 1. The maximum absolute atomic E-state index is 3.06. The molecule has 0 nitrogen and oxygen atoms in total. The van der Waals surface area contributed by atoms with Gasteiger partial charge in [0.1, 0.15) is 0 Å². The summed E-state index contributed by atoms with van der Waals surface area (Å²) in [7, 11) is 0. The SMILES string of the molecule is [CH2-]Br.[CH3-].[W+2]. The zero-order valence-electron chi connectivity index (χ0n) is 2.49. The molecule has 0 unspecified atom stereocenters. The first-order chi connectivity index (χ1) is 1.00. The van der Waals surface area contributed by atoms with Crippen LogP contribution >= 0.6 is 15.9 Å². The van der Waals surface area contributed by atoms with Gasteiger partial charge in [0.25, 0.3) is 0 Å². The van der Waals surface area contributed by atoms with E-state index in [-0.39, 0.29) is 28.5 Å². The zero-order valence-corrected chi connectivity index (χ0v) is 7.01. The van der Waals surface area contributed by atoms with Crippen LogP contribution in [0.4, 0.5) is 0 Å². The Kier molecular flexibility index (Phi) is 146. The van der Waals surface area contributed by atoms with Crippen LogP contribution < -0.4 is 0 Å². The molecule has 0 spiro atoms. The molecule has 0 saturated heterocycles. The van der Waals surface area contributed by atoms with Crippen molar-refractivity contribution in [2.24, 2.45) is 0 Å². The second-order valence-electron chi connectivity index (χ2n) is 0. The van der Waals surface area contributed by atoms with Crippen LogP contribution in [0.15, 0.2) is 0 Å². The van der Waals surface area contributed by atoms with Crippen LogP contribution in [0, 0.1) is 13.3 Å². The van der Waals surface area contributed by atoms with Crippen molar-refractivity contribution in [3.63, 3.8) is 0 Å². The maximum atomic E-state index is 3.06. The second kappa shape index (κ2) is 30.7.